The molecule has 1 aliphatic rings. The summed E-state index contributed by atoms with van der Waals surface area (Å²) in [5.74, 6) is -0.876. The van der Waals surface area contributed by atoms with Crippen LogP contribution in [-0.4, -0.2) is 50.0 Å². The molecule has 0 saturated carbocycles. The number of carbonyl (C=O) groups excluding carboxylic acids is 1. The van der Waals surface area contributed by atoms with Crippen LogP contribution in [-0.2, 0) is 9.47 Å². The van der Waals surface area contributed by atoms with Gasteiger partial charge in [-0.15, -0.1) is 0 Å². The predicted octanol–water partition coefficient (Wildman–Crippen LogP) is 1.86. The van der Waals surface area contributed by atoms with Crippen LogP contribution >= 0.6 is 0 Å². The standard InChI is InChI=1S/C17H23NO5/c1-11-9-13(17(20)21)3-4-14(11)16(19)18-15(10-22-2)12-5-7-23-8-6-12/h3-4,9,12,15H,5-8,10H2,1-2H3,(H,18,19)(H,20,21). The molecule has 1 fully saturated rings. The number of carboxylic acids is 1. The van der Waals surface area contributed by atoms with Gasteiger partial charge in [0.1, 0.15) is 0 Å². The number of carbonyl (C=O) groups is 2. The Balaban J connectivity index is 2.10. The molecule has 0 bridgehead atoms. The molecule has 0 spiro atoms. The second-order valence-electron chi connectivity index (χ2n) is 5.82. The van der Waals surface area contributed by atoms with Crippen LogP contribution in [0.15, 0.2) is 18.2 Å². The number of rotatable bonds is 6. The maximum Gasteiger partial charge on any atom is 0.335 e. The highest BCUT2D eigenvalue weighted by molar-refractivity contribution is 5.97. The Kier molecular flexibility index (Phi) is 6.12. The topological polar surface area (TPSA) is 84.9 Å². The molecule has 2 rings (SSSR count). The highest BCUT2D eigenvalue weighted by Crippen LogP contribution is 2.20. The summed E-state index contributed by atoms with van der Waals surface area (Å²) in [7, 11) is 1.62. The molecule has 0 aliphatic carbocycles. The fourth-order valence-corrected chi connectivity index (χ4v) is 2.89. The summed E-state index contributed by atoms with van der Waals surface area (Å²) in [6.07, 6.45) is 1.79. The van der Waals surface area contributed by atoms with Crippen molar-refractivity contribution < 1.29 is 24.2 Å². The van der Waals surface area contributed by atoms with Crippen molar-refractivity contribution in [1.29, 1.82) is 0 Å². The van der Waals surface area contributed by atoms with Gasteiger partial charge in [0.05, 0.1) is 18.2 Å². The molecule has 1 heterocycles. The first-order chi connectivity index (χ1) is 11.0. The Labute approximate surface area is 135 Å². The summed E-state index contributed by atoms with van der Waals surface area (Å²) in [5.41, 5.74) is 1.31. The lowest BCUT2D eigenvalue weighted by Gasteiger charge is -2.30. The minimum atomic E-state index is -1.00. The zero-order chi connectivity index (χ0) is 16.8. The third-order valence-corrected chi connectivity index (χ3v) is 4.22. The number of amides is 1. The summed E-state index contributed by atoms with van der Waals surface area (Å²) in [4.78, 5) is 23.5. The first-order valence-corrected chi connectivity index (χ1v) is 7.74. The Morgan fingerprint density at radius 2 is 2.09 bits per heavy atom. The number of ether oxygens (including phenoxy) is 2. The van der Waals surface area contributed by atoms with Crippen LogP contribution in [0.3, 0.4) is 0 Å². The van der Waals surface area contributed by atoms with E-state index in [1.165, 1.54) is 12.1 Å². The zero-order valence-corrected chi connectivity index (χ0v) is 13.5. The monoisotopic (exact) mass is 321 g/mol. The molecule has 6 heteroatoms. The Bertz CT molecular complexity index is 566. The average molecular weight is 321 g/mol. The number of aryl methyl sites for hydroxylation is 1. The lowest BCUT2D eigenvalue weighted by molar-refractivity contribution is 0.0361. The van der Waals surface area contributed by atoms with Gasteiger partial charge in [-0.2, -0.15) is 0 Å². The number of carboxylic acid groups (broad SMARTS) is 1. The minimum Gasteiger partial charge on any atom is -0.478 e. The third kappa shape index (κ3) is 4.53. The predicted molar refractivity (Wildman–Crippen MR) is 84.8 cm³/mol. The van der Waals surface area contributed by atoms with E-state index in [0.29, 0.717) is 36.9 Å². The lowest BCUT2D eigenvalue weighted by Crippen LogP contribution is -2.45. The van der Waals surface area contributed by atoms with Crippen molar-refractivity contribution in [2.45, 2.75) is 25.8 Å². The Hall–Kier alpha value is -1.92. The fraction of sp³-hybridized carbons (Fsp3) is 0.529. The molecule has 1 saturated heterocycles. The normalized spacial score (nSPS) is 16.8. The Morgan fingerprint density at radius 1 is 1.39 bits per heavy atom. The Morgan fingerprint density at radius 3 is 2.65 bits per heavy atom. The molecule has 1 unspecified atom stereocenters. The van der Waals surface area contributed by atoms with E-state index in [1.807, 2.05) is 0 Å². The molecule has 6 nitrogen and oxygen atoms in total. The van der Waals surface area contributed by atoms with E-state index in [4.69, 9.17) is 14.6 Å². The highest BCUT2D eigenvalue weighted by atomic mass is 16.5. The van der Waals surface area contributed by atoms with E-state index < -0.39 is 5.97 Å². The van der Waals surface area contributed by atoms with Crippen LogP contribution in [0.4, 0.5) is 0 Å². The van der Waals surface area contributed by atoms with Crippen LogP contribution in [0.2, 0.25) is 0 Å². The van der Waals surface area contributed by atoms with E-state index in [0.717, 1.165) is 12.8 Å². The van der Waals surface area contributed by atoms with Gasteiger partial charge in [-0.1, -0.05) is 0 Å². The third-order valence-electron chi connectivity index (χ3n) is 4.22. The number of hydrogen-bond donors (Lipinski definition) is 2. The molecule has 1 amide bonds. The molecular weight excluding hydrogens is 298 g/mol. The van der Waals surface area contributed by atoms with Crippen LogP contribution < -0.4 is 5.32 Å². The van der Waals surface area contributed by atoms with Crippen molar-refractivity contribution in [2.75, 3.05) is 26.9 Å². The van der Waals surface area contributed by atoms with Gasteiger partial charge in [0.15, 0.2) is 0 Å². The molecule has 1 aromatic carbocycles. The van der Waals surface area contributed by atoms with Crippen molar-refractivity contribution in [2.24, 2.45) is 5.92 Å². The van der Waals surface area contributed by atoms with Crippen LogP contribution in [0.1, 0.15) is 39.1 Å². The highest BCUT2D eigenvalue weighted by Gasteiger charge is 2.26. The molecule has 1 aromatic rings. The zero-order valence-electron chi connectivity index (χ0n) is 13.5. The summed E-state index contributed by atoms with van der Waals surface area (Å²) in [6.45, 7) is 3.59. The van der Waals surface area contributed by atoms with Crippen molar-refractivity contribution in [3.8, 4) is 0 Å². The van der Waals surface area contributed by atoms with E-state index in [9.17, 15) is 9.59 Å². The lowest BCUT2D eigenvalue weighted by atomic mass is 9.91. The van der Waals surface area contributed by atoms with Gasteiger partial charge in [-0.3, -0.25) is 4.79 Å². The van der Waals surface area contributed by atoms with Crippen LogP contribution in [0, 0.1) is 12.8 Å². The van der Waals surface area contributed by atoms with E-state index in [-0.39, 0.29) is 17.5 Å². The molecule has 23 heavy (non-hydrogen) atoms. The van der Waals surface area contributed by atoms with E-state index in [1.54, 1.807) is 20.1 Å². The maximum absolute atomic E-state index is 12.5. The van der Waals surface area contributed by atoms with Gasteiger partial charge in [0.2, 0.25) is 0 Å². The molecule has 2 N–H and O–H groups in total. The van der Waals surface area contributed by atoms with Crippen LogP contribution in [0.25, 0.3) is 0 Å². The number of nitrogens with one attached hydrogen (secondary N) is 1. The van der Waals surface area contributed by atoms with E-state index >= 15 is 0 Å². The van der Waals surface area contributed by atoms with E-state index in [2.05, 4.69) is 5.32 Å². The maximum atomic E-state index is 12.5. The largest absolute Gasteiger partial charge is 0.478 e. The quantitative estimate of drug-likeness (QED) is 0.835. The van der Waals surface area contributed by atoms with Gasteiger partial charge < -0.3 is 19.9 Å². The first-order valence-electron chi connectivity index (χ1n) is 7.74. The van der Waals surface area contributed by atoms with Crippen molar-refractivity contribution >= 4 is 11.9 Å². The van der Waals surface area contributed by atoms with Gasteiger partial charge >= 0.3 is 5.97 Å². The number of hydrogen-bond acceptors (Lipinski definition) is 4. The number of benzene rings is 1. The molecule has 1 atom stereocenters. The number of methoxy groups -OCH3 is 1. The summed E-state index contributed by atoms with van der Waals surface area (Å²) in [6, 6.07) is 4.44. The first kappa shape index (κ1) is 17.4. The smallest absolute Gasteiger partial charge is 0.335 e. The van der Waals surface area contributed by atoms with Crippen molar-refractivity contribution in [3.05, 3.63) is 34.9 Å². The minimum absolute atomic E-state index is 0.0741. The number of aromatic carboxylic acids is 1. The second-order valence-corrected chi connectivity index (χ2v) is 5.82. The summed E-state index contributed by atoms with van der Waals surface area (Å²) < 4.78 is 10.6. The van der Waals surface area contributed by atoms with Gasteiger partial charge in [0.25, 0.3) is 5.91 Å². The van der Waals surface area contributed by atoms with Crippen molar-refractivity contribution in [3.63, 3.8) is 0 Å². The molecular formula is C17H23NO5. The van der Waals surface area contributed by atoms with Gasteiger partial charge in [-0.05, 0) is 49.4 Å². The fourth-order valence-electron chi connectivity index (χ4n) is 2.89. The molecule has 1 aliphatic heterocycles. The summed E-state index contributed by atoms with van der Waals surface area (Å²) in [5, 5.41) is 12.0. The van der Waals surface area contributed by atoms with Gasteiger partial charge in [0, 0.05) is 25.9 Å². The molecule has 0 aromatic heterocycles. The van der Waals surface area contributed by atoms with Gasteiger partial charge in [-0.25, -0.2) is 4.79 Å². The second kappa shape index (κ2) is 8.08. The molecule has 126 valence electrons. The van der Waals surface area contributed by atoms with Crippen LogP contribution in [0.5, 0.6) is 0 Å². The SMILES string of the molecule is COCC(NC(=O)c1ccc(C(=O)O)cc1C)C1CCOCC1. The summed E-state index contributed by atoms with van der Waals surface area (Å²) >= 11 is 0. The van der Waals surface area contributed by atoms with Crippen molar-refractivity contribution in [1.82, 2.24) is 5.32 Å². The molecule has 0 radical (unpaired) electrons. The average Bonchev–Trinajstić information content (AvgIpc) is 2.55.